The van der Waals surface area contributed by atoms with Gasteiger partial charge in [-0.05, 0) is 18.8 Å². The second-order valence-electron chi connectivity index (χ2n) is 5.62. The summed E-state index contributed by atoms with van der Waals surface area (Å²) < 4.78 is 5.33. The van der Waals surface area contributed by atoms with E-state index in [1.165, 1.54) is 44.9 Å². The topological polar surface area (TPSA) is 26.3 Å². The van der Waals surface area contributed by atoms with Crippen LogP contribution >= 0.6 is 0 Å². The maximum atomic E-state index is 11.6. The van der Waals surface area contributed by atoms with Gasteiger partial charge >= 0.3 is 5.97 Å². The second-order valence-corrected chi connectivity index (χ2v) is 5.62. The van der Waals surface area contributed by atoms with E-state index in [9.17, 15) is 4.79 Å². The van der Waals surface area contributed by atoms with E-state index < -0.39 is 0 Å². The van der Waals surface area contributed by atoms with Crippen LogP contribution in [-0.2, 0) is 9.53 Å². The molecule has 0 saturated heterocycles. The predicted octanol–water partition coefficient (Wildman–Crippen LogP) is 5.50. The smallest absolute Gasteiger partial charge is 0.305 e. The highest BCUT2D eigenvalue weighted by molar-refractivity contribution is 5.69. The highest BCUT2D eigenvalue weighted by Gasteiger charge is 2.08. The average molecular weight is 270 g/mol. The first-order valence-corrected chi connectivity index (χ1v) is 8.40. The van der Waals surface area contributed by atoms with Gasteiger partial charge in [0, 0.05) is 6.42 Å². The zero-order valence-electron chi connectivity index (χ0n) is 13.4. The molecular weight excluding hydrogens is 236 g/mol. The maximum absolute atomic E-state index is 11.6. The molecule has 0 aliphatic heterocycles. The number of carbonyl (C=O) groups is 1. The van der Waals surface area contributed by atoms with Gasteiger partial charge in [0.1, 0.15) is 0 Å². The van der Waals surface area contributed by atoms with Gasteiger partial charge in [-0.1, -0.05) is 72.1 Å². The average Bonchev–Trinajstić information content (AvgIpc) is 2.39. The fourth-order valence-electron chi connectivity index (χ4n) is 2.53. The zero-order chi connectivity index (χ0) is 14.3. The zero-order valence-corrected chi connectivity index (χ0v) is 13.4. The molecule has 0 radical (unpaired) electrons. The van der Waals surface area contributed by atoms with Crippen LogP contribution in [0.2, 0.25) is 0 Å². The van der Waals surface area contributed by atoms with Crippen molar-refractivity contribution >= 4 is 5.97 Å². The summed E-state index contributed by atoms with van der Waals surface area (Å²) >= 11 is 0. The Hall–Kier alpha value is -0.530. The van der Waals surface area contributed by atoms with Gasteiger partial charge in [0.2, 0.25) is 0 Å². The van der Waals surface area contributed by atoms with Crippen LogP contribution in [0.4, 0.5) is 0 Å². The third-order valence-corrected chi connectivity index (χ3v) is 3.67. The van der Waals surface area contributed by atoms with E-state index in [0.29, 0.717) is 13.0 Å². The molecule has 0 atom stereocenters. The van der Waals surface area contributed by atoms with Crippen molar-refractivity contribution in [1.82, 2.24) is 0 Å². The number of carbonyl (C=O) groups excluding carboxylic acids is 1. The number of hydrogen-bond acceptors (Lipinski definition) is 2. The minimum atomic E-state index is 0.00301. The van der Waals surface area contributed by atoms with Crippen molar-refractivity contribution in [3.63, 3.8) is 0 Å². The standard InChI is InChI=1S/C17H34O2/c1-4-7-8-9-10-13-17(18)19-15-14-16(11-5-2)12-6-3/h16H,4-15H2,1-3H3. The van der Waals surface area contributed by atoms with E-state index >= 15 is 0 Å². The Bertz CT molecular complexity index is 195. The summed E-state index contributed by atoms with van der Waals surface area (Å²) in [4.78, 5) is 11.6. The lowest BCUT2D eigenvalue weighted by atomic mass is 9.95. The van der Waals surface area contributed by atoms with Crippen LogP contribution in [0.25, 0.3) is 0 Å². The van der Waals surface area contributed by atoms with Gasteiger partial charge in [-0.25, -0.2) is 0 Å². The van der Waals surface area contributed by atoms with Crippen LogP contribution in [0.1, 0.15) is 91.4 Å². The van der Waals surface area contributed by atoms with Gasteiger partial charge in [0.25, 0.3) is 0 Å². The molecule has 0 aromatic heterocycles. The lowest BCUT2D eigenvalue weighted by Gasteiger charge is -2.14. The normalized spacial score (nSPS) is 10.9. The van der Waals surface area contributed by atoms with Crippen molar-refractivity contribution in [2.75, 3.05) is 6.61 Å². The molecule has 0 saturated carbocycles. The van der Waals surface area contributed by atoms with Crippen LogP contribution in [0.15, 0.2) is 0 Å². The number of unbranched alkanes of at least 4 members (excludes halogenated alkanes) is 4. The van der Waals surface area contributed by atoms with Crippen molar-refractivity contribution in [2.45, 2.75) is 91.4 Å². The molecule has 19 heavy (non-hydrogen) atoms. The van der Waals surface area contributed by atoms with E-state index in [0.717, 1.165) is 25.2 Å². The third-order valence-electron chi connectivity index (χ3n) is 3.67. The lowest BCUT2D eigenvalue weighted by molar-refractivity contribution is -0.144. The van der Waals surface area contributed by atoms with Crippen LogP contribution in [0, 0.1) is 5.92 Å². The molecule has 0 N–H and O–H groups in total. The molecule has 0 bridgehead atoms. The van der Waals surface area contributed by atoms with Crippen molar-refractivity contribution in [1.29, 1.82) is 0 Å². The van der Waals surface area contributed by atoms with Gasteiger partial charge in [-0.2, -0.15) is 0 Å². The summed E-state index contributed by atoms with van der Waals surface area (Å²) in [5, 5.41) is 0. The summed E-state index contributed by atoms with van der Waals surface area (Å²) in [5.41, 5.74) is 0. The SMILES string of the molecule is CCCCCCCC(=O)OCCC(CCC)CCC. The molecule has 0 spiro atoms. The van der Waals surface area contributed by atoms with Gasteiger partial charge in [0.05, 0.1) is 6.61 Å². The van der Waals surface area contributed by atoms with E-state index in [2.05, 4.69) is 20.8 Å². The van der Waals surface area contributed by atoms with E-state index in [-0.39, 0.29) is 5.97 Å². The molecule has 114 valence electrons. The van der Waals surface area contributed by atoms with Gasteiger partial charge in [-0.15, -0.1) is 0 Å². The Balaban J connectivity index is 3.49. The minimum Gasteiger partial charge on any atom is -0.466 e. The van der Waals surface area contributed by atoms with Crippen molar-refractivity contribution < 1.29 is 9.53 Å². The Morgan fingerprint density at radius 1 is 0.842 bits per heavy atom. The molecule has 0 unspecified atom stereocenters. The largest absolute Gasteiger partial charge is 0.466 e. The number of rotatable bonds is 13. The highest BCUT2D eigenvalue weighted by Crippen LogP contribution is 2.17. The summed E-state index contributed by atoms with van der Waals surface area (Å²) in [7, 11) is 0. The number of hydrogen-bond donors (Lipinski definition) is 0. The Kier molecular flexibility index (Phi) is 13.5. The first-order valence-electron chi connectivity index (χ1n) is 8.40. The van der Waals surface area contributed by atoms with E-state index in [4.69, 9.17) is 4.74 Å². The summed E-state index contributed by atoms with van der Waals surface area (Å²) in [6.07, 6.45) is 12.6. The molecule has 0 aromatic rings. The molecule has 0 aromatic carbocycles. The minimum absolute atomic E-state index is 0.00301. The molecule has 0 aliphatic carbocycles. The fraction of sp³-hybridized carbons (Fsp3) is 0.941. The Morgan fingerprint density at radius 3 is 2.05 bits per heavy atom. The lowest BCUT2D eigenvalue weighted by Crippen LogP contribution is -2.10. The Morgan fingerprint density at radius 2 is 1.47 bits per heavy atom. The van der Waals surface area contributed by atoms with Crippen molar-refractivity contribution in [2.24, 2.45) is 5.92 Å². The molecule has 0 rings (SSSR count). The van der Waals surface area contributed by atoms with E-state index in [1.807, 2.05) is 0 Å². The molecule has 2 heteroatoms. The summed E-state index contributed by atoms with van der Waals surface area (Å²) in [6, 6.07) is 0. The predicted molar refractivity (Wildman–Crippen MR) is 82.3 cm³/mol. The molecule has 2 nitrogen and oxygen atoms in total. The quantitative estimate of drug-likeness (QED) is 0.326. The number of esters is 1. The van der Waals surface area contributed by atoms with Crippen molar-refractivity contribution in [3.8, 4) is 0 Å². The molecule has 0 heterocycles. The van der Waals surface area contributed by atoms with Crippen LogP contribution in [0.3, 0.4) is 0 Å². The van der Waals surface area contributed by atoms with Crippen LogP contribution in [-0.4, -0.2) is 12.6 Å². The number of ether oxygens (including phenoxy) is 1. The van der Waals surface area contributed by atoms with Crippen LogP contribution < -0.4 is 0 Å². The van der Waals surface area contributed by atoms with Crippen LogP contribution in [0.5, 0.6) is 0 Å². The fourth-order valence-corrected chi connectivity index (χ4v) is 2.53. The summed E-state index contributed by atoms with van der Waals surface area (Å²) in [5.74, 6) is 0.746. The van der Waals surface area contributed by atoms with Gasteiger partial charge in [-0.3, -0.25) is 4.79 Å². The third kappa shape index (κ3) is 12.3. The first kappa shape index (κ1) is 18.5. The first-order chi connectivity index (χ1) is 9.24. The maximum Gasteiger partial charge on any atom is 0.305 e. The highest BCUT2D eigenvalue weighted by atomic mass is 16.5. The molecule has 0 aliphatic rings. The summed E-state index contributed by atoms with van der Waals surface area (Å²) in [6.45, 7) is 7.28. The second kappa shape index (κ2) is 13.9. The Labute approximate surface area is 120 Å². The molecule has 0 amide bonds. The molecule has 0 fully saturated rings. The van der Waals surface area contributed by atoms with Gasteiger partial charge < -0.3 is 4.74 Å². The van der Waals surface area contributed by atoms with E-state index in [1.54, 1.807) is 0 Å². The molecular formula is C17H34O2. The van der Waals surface area contributed by atoms with Gasteiger partial charge in [0.15, 0.2) is 0 Å². The monoisotopic (exact) mass is 270 g/mol. The van der Waals surface area contributed by atoms with Crippen molar-refractivity contribution in [3.05, 3.63) is 0 Å².